The number of amides is 1. The Bertz CT molecular complexity index is 1340. The lowest BCUT2D eigenvalue weighted by Crippen LogP contribution is -2.47. The van der Waals surface area contributed by atoms with Crippen LogP contribution in [0.4, 0.5) is 13.2 Å². The highest BCUT2D eigenvalue weighted by Gasteiger charge is 2.30. The van der Waals surface area contributed by atoms with E-state index in [1.165, 1.54) is 23.5 Å². The molecule has 12 heteroatoms. The molecule has 0 aliphatic carbocycles. The van der Waals surface area contributed by atoms with Crippen LogP contribution in [0.2, 0.25) is 0 Å². The molecule has 0 atom stereocenters. The molecule has 1 aromatic heterocycles. The van der Waals surface area contributed by atoms with E-state index < -0.39 is 24.3 Å². The molecule has 7 nitrogen and oxygen atoms in total. The van der Waals surface area contributed by atoms with Gasteiger partial charge < -0.3 is 14.7 Å². The number of ether oxygens (including phenoxy) is 1. The Labute approximate surface area is 239 Å². The number of nitrogens with zero attached hydrogens (tertiary/aromatic N) is 3. The van der Waals surface area contributed by atoms with Gasteiger partial charge in [0.25, 0.3) is 0 Å². The molecule has 2 heterocycles. The zero-order chi connectivity index (χ0) is 28.9. The molecule has 0 spiro atoms. The third kappa shape index (κ3) is 7.76. The number of carboxylic acids is 1. The number of carboxylic acid groups (broad SMARTS) is 1. The normalized spacial score (nSPS) is 14.4. The molecule has 1 saturated heterocycles. The number of piperazine rings is 1. The number of aliphatic carboxylic acids is 1. The fourth-order valence-corrected chi connectivity index (χ4v) is 6.47. The number of alkyl halides is 3. The van der Waals surface area contributed by atoms with Crippen molar-refractivity contribution < 1.29 is 32.6 Å². The van der Waals surface area contributed by atoms with Crippen molar-refractivity contribution in [2.24, 2.45) is 0 Å². The van der Waals surface area contributed by atoms with Gasteiger partial charge in [-0.05, 0) is 42.3 Å². The first-order valence-electron chi connectivity index (χ1n) is 12.8. The summed E-state index contributed by atoms with van der Waals surface area (Å²) in [4.78, 5) is 33.5. The number of thiazole rings is 1. The van der Waals surface area contributed by atoms with E-state index in [2.05, 4.69) is 4.90 Å². The third-order valence-electron chi connectivity index (χ3n) is 6.56. The SMILES string of the molecule is CCc1cc(SCc2sc(-c3ccc(C(F)(F)F)cc3)nc2CN2CCN(C(C)=O)CC2)ccc1OCC(=O)O. The summed E-state index contributed by atoms with van der Waals surface area (Å²) in [6.45, 7) is 6.44. The van der Waals surface area contributed by atoms with E-state index in [0.29, 0.717) is 48.1 Å². The molecule has 0 bridgehead atoms. The smallest absolute Gasteiger partial charge is 0.416 e. The van der Waals surface area contributed by atoms with Crippen molar-refractivity contribution in [1.29, 1.82) is 0 Å². The first kappa shape index (κ1) is 29.9. The maximum Gasteiger partial charge on any atom is 0.416 e. The number of carbonyl (C=O) groups excluding carboxylic acids is 1. The topological polar surface area (TPSA) is 83.0 Å². The van der Waals surface area contributed by atoms with Gasteiger partial charge in [-0.2, -0.15) is 13.2 Å². The second-order valence-corrected chi connectivity index (χ2v) is 11.5. The predicted octanol–water partition coefficient (Wildman–Crippen LogP) is 5.81. The zero-order valence-corrected chi connectivity index (χ0v) is 23.8. The molecule has 40 heavy (non-hydrogen) atoms. The monoisotopic (exact) mass is 593 g/mol. The van der Waals surface area contributed by atoms with Crippen molar-refractivity contribution in [2.75, 3.05) is 32.8 Å². The molecular formula is C28H30F3N3O4S2. The molecule has 1 aliphatic heterocycles. The number of carbonyl (C=O) groups is 2. The van der Waals surface area contributed by atoms with Crippen LogP contribution < -0.4 is 4.74 Å². The van der Waals surface area contributed by atoms with Crippen LogP contribution >= 0.6 is 23.1 Å². The van der Waals surface area contributed by atoms with Gasteiger partial charge in [-0.15, -0.1) is 23.1 Å². The predicted molar refractivity (Wildman–Crippen MR) is 149 cm³/mol. The van der Waals surface area contributed by atoms with E-state index in [4.69, 9.17) is 14.8 Å². The van der Waals surface area contributed by atoms with E-state index in [-0.39, 0.29) is 5.91 Å². The first-order valence-corrected chi connectivity index (χ1v) is 14.6. The fraction of sp³-hybridized carbons (Fsp3) is 0.393. The minimum absolute atomic E-state index is 0.0563. The summed E-state index contributed by atoms with van der Waals surface area (Å²) in [5.41, 5.74) is 1.71. The number of aromatic nitrogens is 1. The molecule has 1 aliphatic rings. The number of halogens is 3. The average molecular weight is 594 g/mol. The summed E-state index contributed by atoms with van der Waals surface area (Å²) < 4.78 is 44.6. The summed E-state index contributed by atoms with van der Waals surface area (Å²) >= 11 is 3.08. The van der Waals surface area contributed by atoms with Crippen molar-refractivity contribution in [3.05, 3.63) is 64.2 Å². The lowest BCUT2D eigenvalue weighted by atomic mass is 10.1. The highest BCUT2D eigenvalue weighted by atomic mass is 32.2. The van der Waals surface area contributed by atoms with Crippen LogP contribution in [0.1, 0.15) is 35.5 Å². The minimum atomic E-state index is -4.40. The number of thioether (sulfide) groups is 1. The largest absolute Gasteiger partial charge is 0.482 e. The van der Waals surface area contributed by atoms with Gasteiger partial charge in [0, 0.05) is 60.7 Å². The van der Waals surface area contributed by atoms with Crippen molar-refractivity contribution in [3.8, 4) is 16.3 Å². The highest BCUT2D eigenvalue weighted by molar-refractivity contribution is 7.98. The molecule has 0 radical (unpaired) electrons. The van der Waals surface area contributed by atoms with Gasteiger partial charge in [-0.1, -0.05) is 19.1 Å². The van der Waals surface area contributed by atoms with Gasteiger partial charge >= 0.3 is 12.1 Å². The van der Waals surface area contributed by atoms with Crippen molar-refractivity contribution in [1.82, 2.24) is 14.8 Å². The van der Waals surface area contributed by atoms with Crippen LogP contribution in [0, 0.1) is 0 Å². The molecule has 0 saturated carbocycles. The van der Waals surface area contributed by atoms with E-state index in [9.17, 15) is 22.8 Å². The molecule has 4 rings (SSSR count). The molecule has 2 aromatic carbocycles. The Balaban J connectivity index is 1.54. The molecular weight excluding hydrogens is 563 g/mol. The minimum Gasteiger partial charge on any atom is -0.482 e. The quantitative estimate of drug-likeness (QED) is 0.297. The number of rotatable bonds is 10. The van der Waals surface area contributed by atoms with Crippen LogP contribution in [0.5, 0.6) is 5.75 Å². The molecule has 1 N–H and O–H groups in total. The Morgan fingerprint density at radius 2 is 1.80 bits per heavy atom. The Morgan fingerprint density at radius 3 is 2.40 bits per heavy atom. The zero-order valence-electron chi connectivity index (χ0n) is 22.2. The fourth-order valence-electron chi connectivity index (χ4n) is 4.33. The number of aryl methyl sites for hydroxylation is 1. The molecule has 214 valence electrons. The van der Waals surface area contributed by atoms with E-state index >= 15 is 0 Å². The number of benzene rings is 2. The van der Waals surface area contributed by atoms with Crippen molar-refractivity contribution in [3.63, 3.8) is 0 Å². The lowest BCUT2D eigenvalue weighted by Gasteiger charge is -2.33. The van der Waals surface area contributed by atoms with Crippen LogP contribution in [0.25, 0.3) is 10.6 Å². The van der Waals surface area contributed by atoms with Gasteiger partial charge in [0.05, 0.1) is 11.3 Å². The van der Waals surface area contributed by atoms with Crippen LogP contribution in [0.15, 0.2) is 47.4 Å². The average Bonchev–Trinajstić information content (AvgIpc) is 3.33. The maximum absolute atomic E-state index is 13.1. The van der Waals surface area contributed by atoms with Gasteiger partial charge in [-0.3, -0.25) is 9.69 Å². The van der Waals surface area contributed by atoms with Crippen LogP contribution in [-0.2, 0) is 34.5 Å². The van der Waals surface area contributed by atoms with Crippen LogP contribution in [-0.4, -0.2) is 64.6 Å². The summed E-state index contributed by atoms with van der Waals surface area (Å²) in [5.74, 6) is 0.173. The molecule has 1 fully saturated rings. The summed E-state index contributed by atoms with van der Waals surface area (Å²) in [6, 6.07) is 10.7. The lowest BCUT2D eigenvalue weighted by molar-refractivity contribution is -0.139. The molecule has 3 aromatic rings. The Hall–Kier alpha value is -3.09. The summed E-state index contributed by atoms with van der Waals surface area (Å²) in [6.07, 6.45) is -3.72. The molecule has 1 amide bonds. The Kier molecular flexibility index (Phi) is 9.75. The number of hydrogen-bond donors (Lipinski definition) is 1. The van der Waals surface area contributed by atoms with Gasteiger partial charge in [0.1, 0.15) is 10.8 Å². The van der Waals surface area contributed by atoms with Crippen molar-refractivity contribution in [2.45, 2.75) is 43.6 Å². The Morgan fingerprint density at radius 1 is 1.10 bits per heavy atom. The molecule has 0 unspecified atom stereocenters. The van der Waals surface area contributed by atoms with Gasteiger partial charge in [0.2, 0.25) is 5.91 Å². The van der Waals surface area contributed by atoms with Gasteiger partial charge in [-0.25, -0.2) is 9.78 Å². The van der Waals surface area contributed by atoms with E-state index in [1.54, 1.807) is 24.8 Å². The van der Waals surface area contributed by atoms with Gasteiger partial charge in [0.15, 0.2) is 6.61 Å². The second kappa shape index (κ2) is 13.0. The van der Waals surface area contributed by atoms with E-state index in [0.717, 1.165) is 46.3 Å². The van der Waals surface area contributed by atoms with E-state index in [1.807, 2.05) is 24.0 Å². The van der Waals surface area contributed by atoms with Crippen molar-refractivity contribution >= 4 is 35.0 Å². The van der Waals surface area contributed by atoms with Crippen LogP contribution in [0.3, 0.4) is 0 Å². The maximum atomic E-state index is 13.1. The highest BCUT2D eigenvalue weighted by Crippen LogP contribution is 2.36. The summed E-state index contributed by atoms with van der Waals surface area (Å²) in [7, 11) is 0. The standard InChI is InChI=1S/C28H30F3N3O4S2/c1-3-19-14-22(8-9-24(19)38-16-26(36)37)39-17-25-23(15-33-10-12-34(13-11-33)18(2)35)32-27(40-25)20-4-6-21(7-5-20)28(29,30)31/h4-9,14H,3,10-13,15-17H2,1-2H3,(H,36,37). The summed E-state index contributed by atoms with van der Waals surface area (Å²) in [5, 5.41) is 9.57. The first-order chi connectivity index (χ1) is 19.0. The third-order valence-corrected chi connectivity index (χ3v) is 8.91. The second-order valence-electron chi connectivity index (χ2n) is 9.34. The number of hydrogen-bond acceptors (Lipinski definition) is 7.